The van der Waals surface area contributed by atoms with E-state index in [1.54, 1.807) is 0 Å². The Bertz CT molecular complexity index is 384. The molecule has 0 saturated carbocycles. The van der Waals surface area contributed by atoms with Gasteiger partial charge in [-0.25, -0.2) is 13.2 Å². The van der Waals surface area contributed by atoms with Crippen molar-refractivity contribution >= 4 is 0 Å². The van der Waals surface area contributed by atoms with Gasteiger partial charge in [0.25, 0.3) is 0 Å². The maximum atomic E-state index is 13.0. The molecule has 0 fully saturated rings. The van der Waals surface area contributed by atoms with Gasteiger partial charge in [0, 0.05) is 19.7 Å². The van der Waals surface area contributed by atoms with E-state index in [9.17, 15) is 13.2 Å². The molecular formula is C13H18F3NO. The van der Waals surface area contributed by atoms with Gasteiger partial charge in [0.15, 0.2) is 17.5 Å². The first-order chi connectivity index (χ1) is 8.35. The molecule has 18 heavy (non-hydrogen) atoms. The predicted octanol–water partition coefficient (Wildman–Crippen LogP) is 3.01. The fraction of sp³-hybridized carbons (Fsp3) is 0.538. The van der Waals surface area contributed by atoms with Crippen molar-refractivity contribution < 1.29 is 17.9 Å². The summed E-state index contributed by atoms with van der Waals surface area (Å²) in [5.74, 6) is -3.78. The molecule has 0 heterocycles. The standard InChI is InChI=1S/C13H18F3NO/c1-4-18-13(2,3)8-17-7-9-5-10(14)12(16)11(15)6-9/h5-6,17H,4,7-8H2,1-3H3. The maximum absolute atomic E-state index is 13.0. The Kier molecular flexibility index (Phi) is 5.16. The molecule has 0 aliphatic heterocycles. The molecule has 1 aromatic rings. The Labute approximate surface area is 105 Å². The van der Waals surface area contributed by atoms with Crippen LogP contribution < -0.4 is 5.32 Å². The zero-order chi connectivity index (χ0) is 13.8. The third-order valence-electron chi connectivity index (χ3n) is 2.46. The number of halogens is 3. The third-order valence-corrected chi connectivity index (χ3v) is 2.46. The lowest BCUT2D eigenvalue weighted by molar-refractivity contribution is -0.00897. The summed E-state index contributed by atoms with van der Waals surface area (Å²) in [5.41, 5.74) is 0.00462. The molecule has 0 amide bonds. The van der Waals surface area contributed by atoms with E-state index in [2.05, 4.69) is 5.32 Å². The van der Waals surface area contributed by atoms with Crippen LogP contribution in [0.2, 0.25) is 0 Å². The van der Waals surface area contributed by atoms with Crippen LogP contribution in [0, 0.1) is 17.5 Å². The second-order valence-corrected chi connectivity index (χ2v) is 4.67. The van der Waals surface area contributed by atoms with E-state index >= 15 is 0 Å². The zero-order valence-electron chi connectivity index (χ0n) is 10.8. The van der Waals surface area contributed by atoms with Gasteiger partial charge >= 0.3 is 0 Å². The van der Waals surface area contributed by atoms with E-state index in [1.807, 2.05) is 20.8 Å². The fourth-order valence-corrected chi connectivity index (χ4v) is 1.66. The van der Waals surface area contributed by atoms with Crippen LogP contribution in [0.5, 0.6) is 0 Å². The molecular weight excluding hydrogens is 243 g/mol. The van der Waals surface area contributed by atoms with Crippen LogP contribution in [0.15, 0.2) is 12.1 Å². The molecule has 0 radical (unpaired) electrons. The maximum Gasteiger partial charge on any atom is 0.194 e. The van der Waals surface area contributed by atoms with Gasteiger partial charge in [-0.15, -0.1) is 0 Å². The predicted molar refractivity (Wildman–Crippen MR) is 63.7 cm³/mol. The summed E-state index contributed by atoms with van der Waals surface area (Å²) < 4.78 is 44.1. The van der Waals surface area contributed by atoms with E-state index in [0.29, 0.717) is 18.7 Å². The molecule has 0 atom stereocenters. The van der Waals surface area contributed by atoms with Crippen molar-refractivity contribution in [1.29, 1.82) is 0 Å². The van der Waals surface area contributed by atoms with Crippen LogP contribution in [0.4, 0.5) is 13.2 Å². The van der Waals surface area contributed by atoms with Gasteiger partial charge in [0.1, 0.15) is 0 Å². The minimum Gasteiger partial charge on any atom is -0.375 e. The summed E-state index contributed by atoms with van der Waals surface area (Å²) >= 11 is 0. The first-order valence-corrected chi connectivity index (χ1v) is 5.84. The Morgan fingerprint density at radius 2 is 1.72 bits per heavy atom. The molecule has 0 aliphatic carbocycles. The summed E-state index contributed by atoms with van der Waals surface area (Å²) in [6.45, 7) is 7.09. The lowest BCUT2D eigenvalue weighted by atomic mass is 10.1. The highest BCUT2D eigenvalue weighted by Crippen LogP contribution is 2.14. The second kappa shape index (κ2) is 6.20. The summed E-state index contributed by atoms with van der Waals surface area (Å²) in [6, 6.07) is 1.97. The molecule has 102 valence electrons. The number of rotatable bonds is 6. The van der Waals surface area contributed by atoms with Crippen LogP contribution in [0.1, 0.15) is 26.3 Å². The van der Waals surface area contributed by atoms with Crippen LogP contribution >= 0.6 is 0 Å². The molecule has 0 unspecified atom stereocenters. The number of hydrogen-bond acceptors (Lipinski definition) is 2. The van der Waals surface area contributed by atoms with Gasteiger partial charge < -0.3 is 10.1 Å². The van der Waals surface area contributed by atoms with Gasteiger partial charge in [-0.05, 0) is 38.5 Å². The largest absolute Gasteiger partial charge is 0.375 e. The van der Waals surface area contributed by atoms with Crippen LogP contribution in [0.25, 0.3) is 0 Å². The summed E-state index contributed by atoms with van der Waals surface area (Å²) in [6.07, 6.45) is 0. The van der Waals surface area contributed by atoms with Crippen LogP contribution in [0.3, 0.4) is 0 Å². The highest BCUT2D eigenvalue weighted by atomic mass is 19.2. The highest BCUT2D eigenvalue weighted by molar-refractivity contribution is 5.19. The molecule has 0 bridgehead atoms. The zero-order valence-corrected chi connectivity index (χ0v) is 10.8. The first-order valence-electron chi connectivity index (χ1n) is 5.84. The number of hydrogen-bond donors (Lipinski definition) is 1. The third kappa shape index (κ3) is 4.31. The lowest BCUT2D eigenvalue weighted by Gasteiger charge is -2.25. The minimum absolute atomic E-state index is 0.255. The summed E-state index contributed by atoms with van der Waals surface area (Å²) in [7, 11) is 0. The van der Waals surface area contributed by atoms with Crippen molar-refractivity contribution in [3.8, 4) is 0 Å². The van der Waals surface area contributed by atoms with Crippen molar-refractivity contribution in [2.24, 2.45) is 0 Å². The van der Waals surface area contributed by atoms with E-state index in [1.165, 1.54) is 0 Å². The van der Waals surface area contributed by atoms with Crippen molar-refractivity contribution in [2.45, 2.75) is 32.9 Å². The van der Waals surface area contributed by atoms with Crippen molar-refractivity contribution in [2.75, 3.05) is 13.2 Å². The highest BCUT2D eigenvalue weighted by Gasteiger charge is 2.17. The van der Waals surface area contributed by atoms with E-state index in [-0.39, 0.29) is 12.1 Å². The smallest absolute Gasteiger partial charge is 0.194 e. The fourth-order valence-electron chi connectivity index (χ4n) is 1.66. The molecule has 0 aliphatic rings. The molecule has 2 nitrogen and oxygen atoms in total. The number of nitrogens with one attached hydrogen (secondary N) is 1. The molecule has 1 aromatic carbocycles. The quantitative estimate of drug-likeness (QED) is 0.795. The molecule has 0 saturated heterocycles. The monoisotopic (exact) mass is 261 g/mol. The average Bonchev–Trinajstić information content (AvgIpc) is 2.25. The van der Waals surface area contributed by atoms with Crippen LogP contribution in [-0.4, -0.2) is 18.8 Å². The molecule has 1 N–H and O–H groups in total. The minimum atomic E-state index is -1.44. The number of ether oxygens (including phenoxy) is 1. The van der Waals surface area contributed by atoms with Gasteiger partial charge in [-0.2, -0.15) is 0 Å². The average molecular weight is 261 g/mol. The van der Waals surface area contributed by atoms with E-state index in [4.69, 9.17) is 4.74 Å². The topological polar surface area (TPSA) is 21.3 Å². The van der Waals surface area contributed by atoms with Crippen molar-refractivity contribution in [3.05, 3.63) is 35.1 Å². The van der Waals surface area contributed by atoms with E-state index in [0.717, 1.165) is 12.1 Å². The van der Waals surface area contributed by atoms with Gasteiger partial charge in [0.05, 0.1) is 5.60 Å². The second-order valence-electron chi connectivity index (χ2n) is 4.67. The van der Waals surface area contributed by atoms with Gasteiger partial charge in [-0.3, -0.25) is 0 Å². The summed E-state index contributed by atoms with van der Waals surface area (Å²) in [4.78, 5) is 0. The van der Waals surface area contributed by atoms with Gasteiger partial charge in [0.2, 0.25) is 0 Å². The van der Waals surface area contributed by atoms with Crippen molar-refractivity contribution in [1.82, 2.24) is 5.32 Å². The Morgan fingerprint density at radius 1 is 1.17 bits per heavy atom. The summed E-state index contributed by atoms with van der Waals surface area (Å²) in [5, 5.41) is 3.02. The Hall–Kier alpha value is -1.07. The normalized spacial score (nSPS) is 11.9. The molecule has 0 spiro atoms. The van der Waals surface area contributed by atoms with Crippen LogP contribution in [-0.2, 0) is 11.3 Å². The van der Waals surface area contributed by atoms with Crippen molar-refractivity contribution in [3.63, 3.8) is 0 Å². The SMILES string of the molecule is CCOC(C)(C)CNCc1cc(F)c(F)c(F)c1. The molecule has 5 heteroatoms. The Balaban J connectivity index is 2.54. The number of benzene rings is 1. The molecule has 1 rings (SSSR count). The first kappa shape index (κ1) is 15.0. The molecule has 0 aromatic heterocycles. The Morgan fingerprint density at radius 3 is 2.22 bits per heavy atom. The van der Waals surface area contributed by atoms with E-state index < -0.39 is 17.5 Å². The van der Waals surface area contributed by atoms with Gasteiger partial charge in [-0.1, -0.05) is 0 Å². The lowest BCUT2D eigenvalue weighted by Crippen LogP contribution is -2.37.